The van der Waals surface area contributed by atoms with Gasteiger partial charge in [-0.1, -0.05) is 0 Å². The minimum absolute atomic E-state index is 0.339. The molecule has 0 saturated carbocycles. The minimum atomic E-state index is 0.339. The fourth-order valence-corrected chi connectivity index (χ4v) is 1.84. The van der Waals surface area contributed by atoms with Crippen LogP contribution in [0.5, 0.6) is 0 Å². The van der Waals surface area contributed by atoms with E-state index in [1.165, 1.54) is 0 Å². The van der Waals surface area contributed by atoms with Crippen molar-refractivity contribution in [2.24, 2.45) is 11.5 Å². The molecule has 11 heavy (non-hydrogen) atoms. The Hall–Kier alpha value is -0.120. The van der Waals surface area contributed by atoms with Crippen LogP contribution in [0, 0.1) is 0 Å². The molecule has 3 nitrogen and oxygen atoms in total. The smallest absolute Gasteiger partial charge is 0.0236 e. The molecule has 66 valence electrons. The van der Waals surface area contributed by atoms with Gasteiger partial charge in [0, 0.05) is 31.2 Å². The molecule has 2 atom stereocenters. The van der Waals surface area contributed by atoms with Gasteiger partial charge < -0.3 is 11.5 Å². The molecule has 1 aliphatic rings. The molecule has 4 N–H and O–H groups in total. The molecule has 1 aliphatic heterocycles. The van der Waals surface area contributed by atoms with Crippen LogP contribution in [0.3, 0.4) is 0 Å². The number of nitrogens with two attached hydrogens (primary N) is 2. The van der Waals surface area contributed by atoms with Crippen molar-refractivity contribution in [2.45, 2.75) is 38.4 Å². The van der Waals surface area contributed by atoms with E-state index in [0.717, 1.165) is 19.5 Å². The second-order valence-electron chi connectivity index (χ2n) is 3.68. The number of likely N-dealkylation sites (tertiary alicyclic amines) is 1. The maximum atomic E-state index is 5.83. The van der Waals surface area contributed by atoms with Gasteiger partial charge >= 0.3 is 0 Å². The van der Waals surface area contributed by atoms with Crippen LogP contribution in [0.1, 0.15) is 20.3 Å². The first kappa shape index (κ1) is 8.97. The Morgan fingerprint density at radius 1 is 1.55 bits per heavy atom. The average molecular weight is 157 g/mol. The van der Waals surface area contributed by atoms with Crippen molar-refractivity contribution in [1.29, 1.82) is 0 Å². The predicted octanol–water partition coefficient (Wildman–Crippen LogP) is -0.245. The number of hydrogen-bond donors (Lipinski definition) is 2. The quantitative estimate of drug-likeness (QED) is 0.581. The van der Waals surface area contributed by atoms with Gasteiger partial charge in [0.15, 0.2) is 0 Å². The van der Waals surface area contributed by atoms with Gasteiger partial charge in [0.2, 0.25) is 0 Å². The third-order valence-corrected chi connectivity index (χ3v) is 2.42. The summed E-state index contributed by atoms with van der Waals surface area (Å²) in [5, 5.41) is 0. The van der Waals surface area contributed by atoms with Crippen LogP contribution in [-0.4, -0.2) is 36.1 Å². The molecule has 1 fully saturated rings. The van der Waals surface area contributed by atoms with Crippen molar-refractivity contribution in [3.8, 4) is 0 Å². The maximum Gasteiger partial charge on any atom is 0.0236 e. The molecular formula is C8H19N3. The Kier molecular flexibility index (Phi) is 2.87. The predicted molar refractivity (Wildman–Crippen MR) is 47.3 cm³/mol. The van der Waals surface area contributed by atoms with Crippen LogP contribution in [0.4, 0.5) is 0 Å². The lowest BCUT2D eigenvalue weighted by Gasteiger charge is -2.26. The van der Waals surface area contributed by atoms with Gasteiger partial charge in [-0.2, -0.15) is 0 Å². The Morgan fingerprint density at radius 2 is 2.18 bits per heavy atom. The highest BCUT2D eigenvalue weighted by molar-refractivity contribution is 4.89. The summed E-state index contributed by atoms with van der Waals surface area (Å²) >= 11 is 0. The zero-order valence-corrected chi connectivity index (χ0v) is 7.46. The molecule has 0 radical (unpaired) electrons. The monoisotopic (exact) mass is 157 g/mol. The largest absolute Gasteiger partial charge is 0.329 e. The highest BCUT2D eigenvalue weighted by Crippen LogP contribution is 2.17. The van der Waals surface area contributed by atoms with Gasteiger partial charge in [-0.25, -0.2) is 0 Å². The van der Waals surface area contributed by atoms with E-state index < -0.39 is 0 Å². The molecule has 3 heteroatoms. The number of hydrogen-bond acceptors (Lipinski definition) is 3. The fraction of sp³-hybridized carbons (Fsp3) is 1.00. The van der Waals surface area contributed by atoms with Gasteiger partial charge in [0.25, 0.3) is 0 Å². The van der Waals surface area contributed by atoms with E-state index in [9.17, 15) is 0 Å². The van der Waals surface area contributed by atoms with Gasteiger partial charge in [0.1, 0.15) is 0 Å². The summed E-state index contributed by atoms with van der Waals surface area (Å²) in [4.78, 5) is 2.39. The molecule has 0 aliphatic carbocycles. The summed E-state index contributed by atoms with van der Waals surface area (Å²) in [5.74, 6) is 0. The highest BCUT2D eigenvalue weighted by atomic mass is 15.2. The van der Waals surface area contributed by atoms with Crippen molar-refractivity contribution in [3.05, 3.63) is 0 Å². The molecule has 0 bridgehead atoms. The van der Waals surface area contributed by atoms with Gasteiger partial charge in [0.05, 0.1) is 0 Å². The normalized spacial score (nSPS) is 33.5. The molecule has 1 rings (SSSR count). The maximum absolute atomic E-state index is 5.83. The van der Waals surface area contributed by atoms with E-state index in [0.29, 0.717) is 18.1 Å². The Bertz CT molecular complexity index is 125. The van der Waals surface area contributed by atoms with Crippen LogP contribution >= 0.6 is 0 Å². The third-order valence-electron chi connectivity index (χ3n) is 2.42. The average Bonchev–Trinajstić information content (AvgIpc) is 2.30. The first-order valence-electron chi connectivity index (χ1n) is 4.36. The Balaban J connectivity index is 2.50. The van der Waals surface area contributed by atoms with E-state index in [1.807, 2.05) is 0 Å². The van der Waals surface area contributed by atoms with E-state index in [2.05, 4.69) is 18.7 Å². The molecular weight excluding hydrogens is 138 g/mol. The molecule has 0 spiro atoms. The lowest BCUT2D eigenvalue weighted by atomic mass is 10.2. The molecule has 0 aromatic heterocycles. The molecule has 0 aromatic carbocycles. The fourth-order valence-electron chi connectivity index (χ4n) is 1.84. The van der Waals surface area contributed by atoms with Gasteiger partial charge in [-0.05, 0) is 20.3 Å². The third kappa shape index (κ3) is 1.92. The van der Waals surface area contributed by atoms with E-state index in [4.69, 9.17) is 11.5 Å². The van der Waals surface area contributed by atoms with Gasteiger partial charge in [-0.15, -0.1) is 0 Å². The molecule has 1 heterocycles. The summed E-state index contributed by atoms with van der Waals surface area (Å²) in [6, 6.07) is 1.44. The van der Waals surface area contributed by atoms with Crippen LogP contribution < -0.4 is 11.5 Å². The first-order valence-corrected chi connectivity index (χ1v) is 4.36. The SMILES string of the molecule is CC(C)N1C[C@@H](N)C[C@H]1CN. The van der Waals surface area contributed by atoms with E-state index in [-0.39, 0.29) is 0 Å². The van der Waals surface area contributed by atoms with Crippen molar-refractivity contribution in [2.75, 3.05) is 13.1 Å². The molecule has 0 amide bonds. The van der Waals surface area contributed by atoms with Crippen molar-refractivity contribution in [3.63, 3.8) is 0 Å². The van der Waals surface area contributed by atoms with Crippen molar-refractivity contribution >= 4 is 0 Å². The van der Waals surface area contributed by atoms with Crippen molar-refractivity contribution in [1.82, 2.24) is 4.90 Å². The summed E-state index contributed by atoms with van der Waals surface area (Å²) < 4.78 is 0. The minimum Gasteiger partial charge on any atom is -0.329 e. The zero-order valence-electron chi connectivity index (χ0n) is 7.46. The van der Waals surface area contributed by atoms with Crippen LogP contribution in [0.25, 0.3) is 0 Å². The summed E-state index contributed by atoms with van der Waals surface area (Å²) in [7, 11) is 0. The van der Waals surface area contributed by atoms with E-state index >= 15 is 0 Å². The second kappa shape index (κ2) is 3.52. The summed E-state index contributed by atoms with van der Waals surface area (Å²) in [5.41, 5.74) is 11.5. The second-order valence-corrected chi connectivity index (χ2v) is 3.68. The molecule has 0 unspecified atom stereocenters. The van der Waals surface area contributed by atoms with Crippen LogP contribution in [0.2, 0.25) is 0 Å². The number of nitrogens with zero attached hydrogens (tertiary/aromatic N) is 1. The van der Waals surface area contributed by atoms with E-state index in [1.54, 1.807) is 0 Å². The topological polar surface area (TPSA) is 55.3 Å². The highest BCUT2D eigenvalue weighted by Gasteiger charge is 2.30. The van der Waals surface area contributed by atoms with Crippen LogP contribution in [-0.2, 0) is 0 Å². The zero-order chi connectivity index (χ0) is 8.43. The standard InChI is InChI=1S/C8H19N3/c1-6(2)11-5-7(10)3-8(11)4-9/h6-8H,3-5,9-10H2,1-2H3/t7-,8-/m0/s1. The summed E-state index contributed by atoms with van der Waals surface area (Å²) in [6.07, 6.45) is 1.06. The number of rotatable bonds is 2. The first-order chi connectivity index (χ1) is 5.15. The molecule has 0 aromatic rings. The lowest BCUT2D eigenvalue weighted by molar-refractivity contribution is 0.207. The van der Waals surface area contributed by atoms with Gasteiger partial charge in [-0.3, -0.25) is 4.90 Å². The Labute approximate surface area is 68.7 Å². The molecule has 1 saturated heterocycles. The van der Waals surface area contributed by atoms with Crippen LogP contribution in [0.15, 0.2) is 0 Å². The Morgan fingerprint density at radius 3 is 2.55 bits per heavy atom. The van der Waals surface area contributed by atoms with Crippen molar-refractivity contribution < 1.29 is 0 Å². The lowest BCUT2D eigenvalue weighted by Crippen LogP contribution is -2.40. The summed E-state index contributed by atoms with van der Waals surface area (Å²) in [6.45, 7) is 6.15.